The topological polar surface area (TPSA) is 47.6 Å². The molecule has 0 radical (unpaired) electrons. The second kappa shape index (κ2) is 7.31. The van der Waals surface area contributed by atoms with Gasteiger partial charge in [-0.25, -0.2) is 0 Å². The molecule has 2 rings (SSSR count). The van der Waals surface area contributed by atoms with Crippen LogP contribution in [0.4, 0.5) is 5.69 Å². The van der Waals surface area contributed by atoms with Crippen molar-refractivity contribution in [3.8, 4) is 11.5 Å². The molecule has 0 bridgehead atoms. The summed E-state index contributed by atoms with van der Waals surface area (Å²) < 4.78 is 10.4. The Morgan fingerprint density at radius 2 is 1.91 bits per heavy atom. The molecule has 1 N–H and O–H groups in total. The van der Waals surface area contributed by atoms with Crippen LogP contribution in [0.3, 0.4) is 0 Å². The molecular formula is C17H21NO3S. The third-order valence-electron chi connectivity index (χ3n) is 3.41. The minimum atomic E-state index is -0.0947. The van der Waals surface area contributed by atoms with E-state index in [0.29, 0.717) is 17.2 Å². The maximum Gasteiger partial charge on any atom is 0.265 e. The zero-order chi connectivity index (χ0) is 16.1. The Hall–Kier alpha value is -2.01. The first-order valence-corrected chi connectivity index (χ1v) is 8.03. The number of anilines is 1. The van der Waals surface area contributed by atoms with Gasteiger partial charge in [-0.2, -0.15) is 0 Å². The molecule has 0 unspecified atom stereocenters. The summed E-state index contributed by atoms with van der Waals surface area (Å²) in [5, 5.41) is 2.90. The molecule has 22 heavy (non-hydrogen) atoms. The van der Waals surface area contributed by atoms with Gasteiger partial charge in [0.25, 0.3) is 5.91 Å². The lowest BCUT2D eigenvalue weighted by Gasteiger charge is -2.10. The fourth-order valence-electron chi connectivity index (χ4n) is 2.26. The molecular weight excluding hydrogens is 298 g/mol. The lowest BCUT2D eigenvalue weighted by Crippen LogP contribution is -2.10. The number of hydrogen-bond donors (Lipinski definition) is 1. The van der Waals surface area contributed by atoms with E-state index in [1.165, 1.54) is 21.8 Å². The van der Waals surface area contributed by atoms with Gasteiger partial charge >= 0.3 is 0 Å². The lowest BCUT2D eigenvalue weighted by molar-refractivity contribution is 0.103. The first-order chi connectivity index (χ1) is 10.6. The molecule has 0 aliphatic heterocycles. The normalized spacial score (nSPS) is 10.4. The number of ether oxygens (including phenoxy) is 2. The smallest absolute Gasteiger partial charge is 0.265 e. The van der Waals surface area contributed by atoms with Crippen LogP contribution >= 0.6 is 11.3 Å². The fourth-order valence-corrected chi connectivity index (χ4v) is 3.22. The monoisotopic (exact) mass is 319 g/mol. The molecule has 0 aliphatic carbocycles. The van der Waals surface area contributed by atoms with Gasteiger partial charge in [0.15, 0.2) is 11.5 Å². The van der Waals surface area contributed by atoms with E-state index < -0.39 is 0 Å². The van der Waals surface area contributed by atoms with Gasteiger partial charge in [0.1, 0.15) is 0 Å². The Labute approximate surface area is 135 Å². The summed E-state index contributed by atoms with van der Waals surface area (Å²) in [5.74, 6) is 1.13. The molecule has 118 valence electrons. The molecule has 0 aliphatic rings. The Morgan fingerprint density at radius 1 is 1.18 bits per heavy atom. The minimum absolute atomic E-state index is 0.0947. The summed E-state index contributed by atoms with van der Waals surface area (Å²) in [7, 11) is 3.16. The average molecular weight is 319 g/mol. The number of nitrogens with one attached hydrogen (secondary N) is 1. The number of carbonyl (C=O) groups excluding carboxylic acids is 1. The van der Waals surface area contributed by atoms with Crippen molar-refractivity contribution < 1.29 is 14.3 Å². The maximum absolute atomic E-state index is 12.4. The Kier molecular flexibility index (Phi) is 5.44. The van der Waals surface area contributed by atoms with Crippen LogP contribution in [-0.4, -0.2) is 20.1 Å². The fraction of sp³-hybridized carbons (Fsp3) is 0.353. The summed E-state index contributed by atoms with van der Waals surface area (Å²) >= 11 is 1.53. The highest BCUT2D eigenvalue weighted by molar-refractivity contribution is 7.14. The molecule has 1 aromatic carbocycles. The van der Waals surface area contributed by atoms with Crippen LogP contribution in [0.25, 0.3) is 0 Å². The molecule has 0 fully saturated rings. The van der Waals surface area contributed by atoms with E-state index in [9.17, 15) is 4.79 Å². The number of methoxy groups -OCH3 is 2. The molecule has 0 atom stereocenters. The molecule has 4 nitrogen and oxygen atoms in total. The maximum atomic E-state index is 12.4. The highest BCUT2D eigenvalue weighted by Crippen LogP contribution is 2.30. The van der Waals surface area contributed by atoms with Gasteiger partial charge in [-0.15, -0.1) is 11.3 Å². The summed E-state index contributed by atoms with van der Waals surface area (Å²) in [6.45, 7) is 4.20. The van der Waals surface area contributed by atoms with Crippen LogP contribution in [-0.2, 0) is 6.42 Å². The predicted octanol–water partition coefficient (Wildman–Crippen LogP) is 4.28. The second-order valence-electron chi connectivity index (χ2n) is 4.97. The predicted molar refractivity (Wildman–Crippen MR) is 90.6 cm³/mol. The van der Waals surface area contributed by atoms with Crippen molar-refractivity contribution in [2.45, 2.75) is 26.7 Å². The number of hydrogen-bond acceptors (Lipinski definition) is 4. The van der Waals surface area contributed by atoms with Crippen molar-refractivity contribution in [2.24, 2.45) is 0 Å². The van der Waals surface area contributed by atoms with E-state index in [-0.39, 0.29) is 5.91 Å². The van der Waals surface area contributed by atoms with Crippen molar-refractivity contribution in [3.05, 3.63) is 39.6 Å². The van der Waals surface area contributed by atoms with E-state index >= 15 is 0 Å². The molecule has 0 saturated carbocycles. The van der Waals surface area contributed by atoms with Crippen LogP contribution in [0.15, 0.2) is 24.3 Å². The van der Waals surface area contributed by atoms with Gasteiger partial charge in [0.05, 0.1) is 19.1 Å². The van der Waals surface area contributed by atoms with Crippen molar-refractivity contribution >= 4 is 22.9 Å². The van der Waals surface area contributed by atoms with Crippen LogP contribution in [0.1, 0.15) is 33.5 Å². The minimum Gasteiger partial charge on any atom is -0.493 e. The van der Waals surface area contributed by atoms with E-state index in [1.807, 2.05) is 6.07 Å². The van der Waals surface area contributed by atoms with E-state index in [4.69, 9.17) is 9.47 Å². The highest BCUT2D eigenvalue weighted by atomic mass is 32.1. The van der Waals surface area contributed by atoms with Gasteiger partial charge in [-0.1, -0.05) is 13.3 Å². The van der Waals surface area contributed by atoms with E-state index in [0.717, 1.165) is 17.7 Å². The first-order valence-electron chi connectivity index (χ1n) is 7.21. The molecule has 1 heterocycles. The first kappa shape index (κ1) is 16.4. The lowest BCUT2D eigenvalue weighted by atomic mass is 10.1. The zero-order valence-corrected chi connectivity index (χ0v) is 14.2. The molecule has 2 aromatic rings. The van der Waals surface area contributed by atoms with Gasteiger partial charge in [-0.3, -0.25) is 4.79 Å². The van der Waals surface area contributed by atoms with Gasteiger partial charge in [-0.05, 0) is 37.1 Å². The van der Waals surface area contributed by atoms with Crippen molar-refractivity contribution in [1.82, 2.24) is 0 Å². The van der Waals surface area contributed by atoms with Crippen molar-refractivity contribution in [3.63, 3.8) is 0 Å². The number of carbonyl (C=O) groups is 1. The largest absolute Gasteiger partial charge is 0.493 e. The number of aryl methyl sites for hydroxylation is 2. The summed E-state index contributed by atoms with van der Waals surface area (Å²) in [6, 6.07) is 7.31. The number of benzene rings is 1. The Balaban J connectivity index is 2.16. The van der Waals surface area contributed by atoms with Crippen LogP contribution < -0.4 is 14.8 Å². The summed E-state index contributed by atoms with van der Waals surface area (Å²) in [4.78, 5) is 14.3. The van der Waals surface area contributed by atoms with Crippen molar-refractivity contribution in [2.75, 3.05) is 19.5 Å². The van der Waals surface area contributed by atoms with Gasteiger partial charge < -0.3 is 14.8 Å². The molecule has 1 amide bonds. The van der Waals surface area contributed by atoms with Crippen molar-refractivity contribution in [1.29, 1.82) is 0 Å². The summed E-state index contributed by atoms with van der Waals surface area (Å²) in [6.07, 6.45) is 2.08. The van der Waals surface area contributed by atoms with Gasteiger partial charge in [0, 0.05) is 16.6 Å². The second-order valence-corrected chi connectivity index (χ2v) is 6.22. The highest BCUT2D eigenvalue weighted by Gasteiger charge is 2.13. The Bertz CT molecular complexity index is 664. The van der Waals surface area contributed by atoms with Crippen LogP contribution in [0.2, 0.25) is 0 Å². The van der Waals surface area contributed by atoms with Crippen LogP contribution in [0.5, 0.6) is 11.5 Å². The number of amides is 1. The number of thiophene rings is 1. The molecule has 0 spiro atoms. The van der Waals surface area contributed by atoms with E-state index in [2.05, 4.69) is 19.2 Å². The molecule has 5 heteroatoms. The quantitative estimate of drug-likeness (QED) is 0.864. The number of rotatable bonds is 6. The average Bonchev–Trinajstić information content (AvgIpc) is 2.89. The molecule has 1 aromatic heterocycles. The zero-order valence-electron chi connectivity index (χ0n) is 13.4. The van der Waals surface area contributed by atoms with Gasteiger partial charge in [0.2, 0.25) is 0 Å². The SMILES string of the molecule is CCCc1cc(C(=O)Nc2ccc(OC)c(OC)c2)sc1C. The van der Waals surface area contributed by atoms with Crippen LogP contribution in [0, 0.1) is 6.92 Å². The third kappa shape index (κ3) is 3.60. The Morgan fingerprint density at radius 3 is 2.55 bits per heavy atom. The standard InChI is InChI=1S/C17H21NO3S/c1-5-6-12-9-16(22-11(12)2)17(19)18-13-7-8-14(20-3)15(10-13)21-4/h7-10H,5-6H2,1-4H3,(H,18,19). The van der Waals surface area contributed by atoms with E-state index in [1.54, 1.807) is 32.4 Å². The molecule has 0 saturated heterocycles. The summed E-state index contributed by atoms with van der Waals surface area (Å²) in [5.41, 5.74) is 1.94. The third-order valence-corrected chi connectivity index (χ3v) is 4.50.